The second-order valence-corrected chi connectivity index (χ2v) is 29.2. The molecule has 38 atom stereocenters. The van der Waals surface area contributed by atoms with E-state index in [9.17, 15) is 137 Å². The average Bonchev–Trinajstić information content (AvgIpc) is 0.760. The number of ether oxygens (including phenoxy) is 13. The molecule has 106 heavy (non-hydrogen) atoms. The molecule has 0 radical (unpaired) electrons. The zero-order chi connectivity index (χ0) is 78.0. The number of hydrogen-bond donors (Lipinski definition) is 25. The van der Waals surface area contributed by atoms with Gasteiger partial charge in [-0.05, 0) is 6.42 Å². The van der Waals surface area contributed by atoms with Gasteiger partial charge in [-0.2, -0.15) is 0 Å². The minimum atomic E-state index is -5.76. The first-order valence-corrected chi connectivity index (χ1v) is 37.5. The van der Waals surface area contributed by atoms with Crippen molar-refractivity contribution in [3.05, 3.63) is 0 Å². The van der Waals surface area contributed by atoms with Crippen LogP contribution in [0.4, 0.5) is 0 Å². The number of carbonyl (C=O) groups excluding carboxylic acids is 1. The van der Waals surface area contributed by atoms with Gasteiger partial charge in [0.05, 0.1) is 46.2 Å². The predicted octanol–water partition coefficient (Wildman–Crippen LogP) is -10.6. The molecule has 0 aromatic rings. The molecule has 0 aromatic carbocycles. The lowest BCUT2D eigenvalue weighted by atomic mass is 9.84. The Balaban J connectivity index is 0.945. The maximum atomic E-state index is 13.9. The molecule has 0 amide bonds. The number of aliphatic hydroxyl groups excluding tert-OH is 24. The monoisotopic (exact) mass is 1570 g/mol. The summed E-state index contributed by atoms with van der Waals surface area (Å²) < 4.78 is 96.3. The molecular weight excluding hydrogens is 1460 g/mol. The molecule has 6 saturated heterocycles. The summed E-state index contributed by atoms with van der Waals surface area (Å²) in [6.45, 7) is -5.13. The van der Waals surface area contributed by atoms with Crippen LogP contribution >= 0.6 is 7.82 Å². The van der Waals surface area contributed by atoms with Gasteiger partial charge >= 0.3 is 13.8 Å². The van der Waals surface area contributed by atoms with Gasteiger partial charge in [0.1, 0.15) is 196 Å². The second kappa shape index (κ2) is 43.6. The largest absolute Gasteiger partial charge is 0.472 e. The lowest BCUT2D eigenvalue weighted by Gasteiger charge is -2.49. The number of carbonyl (C=O) groups is 1. The van der Waals surface area contributed by atoms with E-state index in [1.165, 1.54) is 57.8 Å². The number of unbranched alkanes of at least 4 members (excludes halogenated alkanes) is 14. The third-order valence-electron chi connectivity index (χ3n) is 19.8. The van der Waals surface area contributed by atoms with Gasteiger partial charge in [-0.1, -0.05) is 96.8 Å². The van der Waals surface area contributed by atoms with Crippen LogP contribution in [0.15, 0.2) is 0 Å². The van der Waals surface area contributed by atoms with Crippen molar-refractivity contribution in [1.82, 2.24) is 0 Å². The van der Waals surface area contributed by atoms with E-state index < -0.39 is 294 Å². The van der Waals surface area contributed by atoms with E-state index in [0.29, 0.717) is 6.42 Å². The van der Waals surface area contributed by atoms with Gasteiger partial charge in [-0.3, -0.25) is 13.8 Å². The zero-order valence-electron chi connectivity index (χ0n) is 58.4. The molecule has 622 valence electrons. The third-order valence-corrected chi connectivity index (χ3v) is 20.8. The van der Waals surface area contributed by atoms with Crippen molar-refractivity contribution in [2.45, 2.75) is 337 Å². The van der Waals surface area contributed by atoms with E-state index in [-0.39, 0.29) is 6.42 Å². The van der Waals surface area contributed by atoms with Crippen LogP contribution in [-0.2, 0) is 80.0 Å². The van der Waals surface area contributed by atoms with Gasteiger partial charge in [-0.15, -0.1) is 0 Å². The van der Waals surface area contributed by atoms with Crippen LogP contribution in [0, 0.1) is 0 Å². The van der Waals surface area contributed by atoms with Crippen molar-refractivity contribution in [3.63, 3.8) is 0 Å². The number of aliphatic hydroxyl groups is 24. The number of esters is 1. The number of rotatable bonds is 41. The lowest BCUT2D eigenvalue weighted by molar-refractivity contribution is -0.365. The summed E-state index contributed by atoms with van der Waals surface area (Å²) in [4.78, 5) is 23.7. The Morgan fingerprint density at radius 1 is 0.340 bits per heavy atom. The van der Waals surface area contributed by atoms with Gasteiger partial charge in [0.2, 0.25) is 0 Å². The summed E-state index contributed by atoms with van der Waals surface area (Å²) >= 11 is 0. The highest BCUT2D eigenvalue weighted by molar-refractivity contribution is 7.47. The highest BCUT2D eigenvalue weighted by atomic mass is 31.2. The van der Waals surface area contributed by atoms with Crippen molar-refractivity contribution < 1.29 is 207 Å². The number of phosphoric acid groups is 1. The van der Waals surface area contributed by atoms with Gasteiger partial charge in [0.25, 0.3) is 0 Å². The highest BCUT2D eigenvalue weighted by Crippen LogP contribution is 2.49. The van der Waals surface area contributed by atoms with Crippen molar-refractivity contribution >= 4 is 13.8 Å². The fourth-order valence-corrected chi connectivity index (χ4v) is 14.1. The van der Waals surface area contributed by atoms with Crippen LogP contribution in [0.3, 0.4) is 0 Å². The quantitative estimate of drug-likeness (QED) is 0.0154. The maximum Gasteiger partial charge on any atom is 0.472 e. The molecule has 6 heterocycles. The number of phosphoric ester groups is 1. The minimum absolute atomic E-state index is 0.00601. The highest BCUT2D eigenvalue weighted by Gasteiger charge is 2.59. The molecule has 0 spiro atoms. The van der Waals surface area contributed by atoms with E-state index in [2.05, 4.69) is 6.92 Å². The van der Waals surface area contributed by atoms with E-state index in [4.69, 9.17) is 70.6 Å². The zero-order valence-corrected chi connectivity index (χ0v) is 59.3. The first-order chi connectivity index (χ1) is 50.3. The fraction of sp³-hybridized carbons (Fsp3) is 0.984. The van der Waals surface area contributed by atoms with Crippen molar-refractivity contribution in [2.75, 3.05) is 52.9 Å². The molecule has 0 bridgehead atoms. The Labute approximate surface area is 609 Å². The van der Waals surface area contributed by atoms with Crippen LogP contribution in [0.5, 0.6) is 0 Å². The van der Waals surface area contributed by atoms with Crippen molar-refractivity contribution in [1.29, 1.82) is 0 Å². The third kappa shape index (κ3) is 24.4. The molecule has 7 aliphatic rings. The molecule has 43 heteroatoms. The Morgan fingerprint density at radius 2 is 0.604 bits per heavy atom. The molecule has 6 aliphatic heterocycles. The smallest absolute Gasteiger partial charge is 0.463 e. The SMILES string of the molecule is CCCCCCCCCCCCCCCCCC(=O)OC[C@@H](O)COP(=O)(O)O[C@@H]1C(O[C@@H]2OC(CO[C@@H]3OC(CO[C@@H]4OC(CO[C@@H]5OC(CO[C@@H]6OC(CO)[C@H](O)C(O)[C@@H]6O)[C@H](O)C(O)[C@@H]5O)[C@H](O)C(O)[C@@H]4O)[C@H](O)C(O)[C@@H]3O)[C@H](O)C(O)[C@@H]2O)C(O)[C@@H](O)C(O)[C@H]1O[C@H]1OC(CO)[C@@H](O)C(O)[C@H]1O. The average molecular weight is 1570 g/mol. The fourth-order valence-electron chi connectivity index (χ4n) is 13.1. The normalized spacial score (nSPS) is 44.1. The molecular formula is C63H113O42P. The van der Waals surface area contributed by atoms with Crippen molar-refractivity contribution in [2.24, 2.45) is 0 Å². The van der Waals surface area contributed by atoms with E-state index in [1.807, 2.05) is 0 Å². The Morgan fingerprint density at radius 3 is 0.925 bits per heavy atom. The van der Waals surface area contributed by atoms with Gasteiger partial charge < -0.3 is 189 Å². The predicted molar refractivity (Wildman–Crippen MR) is 343 cm³/mol. The maximum absolute atomic E-state index is 13.9. The molecule has 42 nitrogen and oxygen atoms in total. The first kappa shape index (κ1) is 91.3. The minimum Gasteiger partial charge on any atom is -0.463 e. The Hall–Kier alpha value is -1.86. The van der Waals surface area contributed by atoms with Crippen LogP contribution in [0.1, 0.15) is 110 Å². The van der Waals surface area contributed by atoms with Crippen LogP contribution in [-0.4, -0.2) is 413 Å². The molecule has 16 unspecified atom stereocenters. The van der Waals surface area contributed by atoms with Gasteiger partial charge in [0, 0.05) is 6.42 Å². The topological polar surface area (TPSA) is 678 Å². The molecule has 1 aliphatic carbocycles. The van der Waals surface area contributed by atoms with E-state index >= 15 is 0 Å². The second-order valence-electron chi connectivity index (χ2n) is 27.8. The summed E-state index contributed by atoms with van der Waals surface area (Å²) in [5.74, 6) is -0.700. The van der Waals surface area contributed by atoms with Crippen LogP contribution < -0.4 is 0 Å². The molecule has 0 aromatic heterocycles. The Bertz CT molecular complexity index is 2540. The summed E-state index contributed by atoms with van der Waals surface area (Å²) in [6.07, 6.45) is -60.1. The number of hydrogen-bond acceptors (Lipinski definition) is 41. The van der Waals surface area contributed by atoms with Crippen LogP contribution in [0.2, 0.25) is 0 Å². The van der Waals surface area contributed by atoms with Crippen molar-refractivity contribution in [3.8, 4) is 0 Å². The van der Waals surface area contributed by atoms with E-state index in [0.717, 1.165) is 32.1 Å². The van der Waals surface area contributed by atoms with Gasteiger partial charge in [-0.25, -0.2) is 4.57 Å². The summed E-state index contributed by atoms with van der Waals surface area (Å²) in [5.41, 5.74) is 0. The molecule has 1 saturated carbocycles. The first-order valence-electron chi connectivity index (χ1n) is 36.0. The van der Waals surface area contributed by atoms with Crippen LogP contribution in [0.25, 0.3) is 0 Å². The molecule has 7 fully saturated rings. The Kier molecular flexibility index (Phi) is 37.5. The standard InChI is InChI=1S/C63H113O42P/c1-2-3-4-5-6-7-8-9-10-11-12-13-14-15-16-17-33(67)91-20-26(66)21-96-106(89,90)105-57-55(103-62-53(87)41(75)35(69)28(19-65)98-62)47(81)46(80)48(82)56(57)104-63-54(88)45(79)39(73)32(102-63)25-95-61-52(86)44(78)38(72)31(101-61)24-94-60-51(85)43(77)37(71)30(100-60)23-93-59-50(84)42(76)36(70)29(99-59)22-92-58-49(83)40(74)34(68)27(18-64)97-58/h26-32,34-66,68-88H,2-25H2,1H3,(H,89,90)/t26-,27?,28?,29?,30?,31?,32?,34+,35-,36+,37+,38+,39+,40?,41?,42?,43?,44?,45?,46+,47?,48?,49+,50+,51+,52+,53-,54+,55-,56?,57+,58-,59-,60-,61-,62-,63+/m1/s1. The summed E-state index contributed by atoms with van der Waals surface area (Å²) in [5, 5.41) is 258. The summed E-state index contributed by atoms with van der Waals surface area (Å²) in [7, 11) is -5.76. The summed E-state index contributed by atoms with van der Waals surface area (Å²) in [6, 6.07) is 0. The van der Waals surface area contributed by atoms with E-state index in [1.54, 1.807) is 0 Å². The molecule has 25 N–H and O–H groups in total. The molecule has 7 rings (SSSR count). The van der Waals surface area contributed by atoms with Gasteiger partial charge in [0.15, 0.2) is 37.7 Å². The lowest BCUT2D eigenvalue weighted by Crippen LogP contribution is -2.69.